The third-order valence-electron chi connectivity index (χ3n) is 3.81. The van der Waals surface area contributed by atoms with Crippen LogP contribution in [0.4, 0.5) is 0 Å². The fourth-order valence-electron chi connectivity index (χ4n) is 2.32. The second-order valence-electron chi connectivity index (χ2n) is 5.10. The highest BCUT2D eigenvalue weighted by Crippen LogP contribution is 2.20. The van der Waals surface area contributed by atoms with Crippen LogP contribution in [0.1, 0.15) is 19.5 Å². The van der Waals surface area contributed by atoms with Crippen LogP contribution < -0.4 is 0 Å². The van der Waals surface area contributed by atoms with E-state index in [2.05, 4.69) is 47.4 Å². The van der Waals surface area contributed by atoms with E-state index in [4.69, 9.17) is 4.42 Å². The quantitative estimate of drug-likeness (QED) is 0.776. The van der Waals surface area contributed by atoms with Crippen molar-refractivity contribution in [3.63, 3.8) is 0 Å². The summed E-state index contributed by atoms with van der Waals surface area (Å²) in [5, 5.41) is 0. The Balaban J connectivity index is 2.09. The number of nitrogens with zero attached hydrogens (tertiary/aromatic N) is 4. The van der Waals surface area contributed by atoms with Gasteiger partial charge in [0, 0.05) is 38.9 Å². The number of oxazole rings is 1. The monoisotopic (exact) mass is 262 g/mol. The minimum atomic E-state index is 0.171. The van der Waals surface area contributed by atoms with Gasteiger partial charge >= 0.3 is 0 Å². The maximum atomic E-state index is 5.02. The van der Waals surface area contributed by atoms with Crippen LogP contribution in [-0.4, -0.2) is 54.2 Å². The van der Waals surface area contributed by atoms with Gasteiger partial charge in [0.15, 0.2) is 6.39 Å². The number of hydrogen-bond acceptors (Lipinski definition) is 5. The first-order valence-corrected chi connectivity index (χ1v) is 6.58. The Kier molecular flexibility index (Phi) is 4.37. The van der Waals surface area contributed by atoms with Crippen molar-refractivity contribution in [2.45, 2.75) is 26.4 Å². The molecule has 1 aromatic rings. The third kappa shape index (κ3) is 3.23. The van der Waals surface area contributed by atoms with Crippen LogP contribution in [0, 0.1) is 0 Å². The van der Waals surface area contributed by atoms with E-state index in [1.807, 2.05) is 0 Å². The Morgan fingerprint density at radius 2 is 2.37 bits per heavy atom. The first-order chi connectivity index (χ1) is 9.11. The molecule has 1 aliphatic heterocycles. The molecule has 1 aliphatic rings. The summed E-state index contributed by atoms with van der Waals surface area (Å²) in [6.45, 7) is 11.7. The van der Waals surface area contributed by atoms with Crippen LogP contribution >= 0.6 is 0 Å². The van der Waals surface area contributed by atoms with E-state index >= 15 is 0 Å². The molecule has 5 heteroatoms. The van der Waals surface area contributed by atoms with Crippen LogP contribution in [-0.2, 0) is 6.54 Å². The summed E-state index contributed by atoms with van der Waals surface area (Å²) in [5.41, 5.74) is 3.62. The highest BCUT2D eigenvalue weighted by molar-refractivity contribution is 5.28. The molecule has 0 spiro atoms. The summed E-state index contributed by atoms with van der Waals surface area (Å²) in [6.07, 6.45) is 3.19. The Hall–Kier alpha value is -1.62. The van der Waals surface area contributed by atoms with E-state index in [0.717, 1.165) is 31.9 Å². The van der Waals surface area contributed by atoms with E-state index < -0.39 is 0 Å². The number of rotatable bonds is 4. The SMILES string of the molecule is C=NC(C)/C(C)=C1/CN(Cc2cocn2)CCN1C. The average molecular weight is 262 g/mol. The summed E-state index contributed by atoms with van der Waals surface area (Å²) in [5.74, 6) is 0. The molecule has 0 aliphatic carbocycles. The van der Waals surface area contributed by atoms with Gasteiger partial charge in [0.05, 0.1) is 11.7 Å². The van der Waals surface area contributed by atoms with Gasteiger partial charge < -0.3 is 9.32 Å². The molecular formula is C14H22N4O. The van der Waals surface area contributed by atoms with E-state index in [0.29, 0.717) is 0 Å². The highest BCUT2D eigenvalue weighted by atomic mass is 16.3. The third-order valence-corrected chi connectivity index (χ3v) is 3.81. The smallest absolute Gasteiger partial charge is 0.180 e. The fourth-order valence-corrected chi connectivity index (χ4v) is 2.32. The van der Waals surface area contributed by atoms with Gasteiger partial charge in [-0.1, -0.05) is 0 Å². The maximum Gasteiger partial charge on any atom is 0.180 e. The molecule has 1 saturated heterocycles. The largest absolute Gasteiger partial charge is 0.451 e. The van der Waals surface area contributed by atoms with Crippen molar-refractivity contribution in [3.8, 4) is 0 Å². The van der Waals surface area contributed by atoms with Gasteiger partial charge in [-0.15, -0.1) is 0 Å². The lowest BCUT2D eigenvalue weighted by molar-refractivity contribution is 0.185. The van der Waals surface area contributed by atoms with Gasteiger partial charge in [0.1, 0.15) is 6.26 Å². The molecule has 0 aromatic carbocycles. The molecule has 19 heavy (non-hydrogen) atoms. The minimum absolute atomic E-state index is 0.171. The van der Waals surface area contributed by atoms with Gasteiger partial charge in [-0.3, -0.25) is 9.89 Å². The Morgan fingerprint density at radius 3 is 3.00 bits per heavy atom. The molecule has 1 fully saturated rings. The highest BCUT2D eigenvalue weighted by Gasteiger charge is 2.22. The summed E-state index contributed by atoms with van der Waals surface area (Å²) in [6, 6.07) is 0.171. The summed E-state index contributed by atoms with van der Waals surface area (Å²) >= 11 is 0. The van der Waals surface area contributed by atoms with Crippen LogP contribution in [0.25, 0.3) is 0 Å². The van der Waals surface area contributed by atoms with Crippen LogP contribution in [0.15, 0.2) is 33.3 Å². The number of aromatic nitrogens is 1. The minimum Gasteiger partial charge on any atom is -0.451 e. The van der Waals surface area contributed by atoms with E-state index in [1.54, 1.807) is 6.26 Å². The van der Waals surface area contributed by atoms with E-state index in [-0.39, 0.29) is 6.04 Å². The first-order valence-electron chi connectivity index (χ1n) is 6.58. The summed E-state index contributed by atoms with van der Waals surface area (Å²) < 4.78 is 5.02. The predicted octanol–water partition coefficient (Wildman–Crippen LogP) is 1.79. The molecule has 0 radical (unpaired) electrons. The topological polar surface area (TPSA) is 44.9 Å². The molecule has 2 rings (SSSR count). The predicted molar refractivity (Wildman–Crippen MR) is 76.1 cm³/mol. The number of piperazine rings is 1. The zero-order valence-corrected chi connectivity index (χ0v) is 12.0. The van der Waals surface area contributed by atoms with Crippen molar-refractivity contribution < 1.29 is 4.42 Å². The lowest BCUT2D eigenvalue weighted by Gasteiger charge is -2.37. The zero-order chi connectivity index (χ0) is 13.8. The molecule has 0 amide bonds. The summed E-state index contributed by atoms with van der Waals surface area (Å²) in [4.78, 5) is 13.0. The van der Waals surface area contributed by atoms with Gasteiger partial charge in [-0.25, -0.2) is 4.98 Å². The van der Waals surface area contributed by atoms with Gasteiger partial charge in [-0.05, 0) is 26.1 Å². The molecular weight excluding hydrogens is 240 g/mol. The molecule has 2 heterocycles. The molecule has 5 nitrogen and oxygen atoms in total. The fraction of sp³-hybridized carbons (Fsp3) is 0.571. The Morgan fingerprint density at radius 1 is 1.58 bits per heavy atom. The Labute approximate surface area is 114 Å². The van der Waals surface area contributed by atoms with Crippen molar-refractivity contribution in [1.29, 1.82) is 0 Å². The second kappa shape index (κ2) is 6.02. The van der Waals surface area contributed by atoms with Crippen LogP contribution in [0.2, 0.25) is 0 Å². The molecule has 1 unspecified atom stereocenters. The van der Waals surface area contributed by atoms with Crippen LogP contribution in [0.5, 0.6) is 0 Å². The first kappa shape index (κ1) is 13.8. The standard InChI is InChI=1S/C14H22N4O/c1-11(12(2)15-3)14-8-18(6-5-17(14)4)7-13-9-19-10-16-13/h9-10,12H,3,5-8H2,1-2,4H3/b14-11-. The molecule has 104 valence electrons. The second-order valence-corrected chi connectivity index (χ2v) is 5.10. The van der Waals surface area contributed by atoms with Crippen molar-refractivity contribution >= 4 is 6.72 Å². The molecule has 1 atom stereocenters. The number of likely N-dealkylation sites (N-methyl/N-ethyl adjacent to an activating group) is 1. The normalized spacial score (nSPS) is 21.3. The van der Waals surface area contributed by atoms with Gasteiger partial charge in [-0.2, -0.15) is 0 Å². The molecule has 1 aromatic heterocycles. The average Bonchev–Trinajstić information content (AvgIpc) is 2.92. The van der Waals surface area contributed by atoms with Gasteiger partial charge in [0.25, 0.3) is 0 Å². The van der Waals surface area contributed by atoms with Crippen molar-refractivity contribution in [2.24, 2.45) is 4.99 Å². The Bertz CT molecular complexity index is 452. The van der Waals surface area contributed by atoms with Crippen LogP contribution in [0.3, 0.4) is 0 Å². The lowest BCUT2D eigenvalue weighted by atomic mass is 10.1. The number of hydrogen-bond donors (Lipinski definition) is 0. The maximum absolute atomic E-state index is 5.02. The van der Waals surface area contributed by atoms with Crippen molar-refractivity contribution in [2.75, 3.05) is 26.7 Å². The molecule has 0 N–H and O–H groups in total. The number of aliphatic imine (C=N–C) groups is 1. The van der Waals surface area contributed by atoms with E-state index in [1.165, 1.54) is 17.7 Å². The lowest BCUT2D eigenvalue weighted by Crippen LogP contribution is -2.43. The van der Waals surface area contributed by atoms with Gasteiger partial charge in [0.2, 0.25) is 0 Å². The molecule has 0 bridgehead atoms. The summed E-state index contributed by atoms with van der Waals surface area (Å²) in [7, 11) is 2.14. The van der Waals surface area contributed by atoms with Crippen molar-refractivity contribution in [1.82, 2.24) is 14.8 Å². The van der Waals surface area contributed by atoms with Crippen molar-refractivity contribution in [3.05, 3.63) is 29.6 Å². The zero-order valence-electron chi connectivity index (χ0n) is 12.0. The van der Waals surface area contributed by atoms with E-state index in [9.17, 15) is 0 Å². The molecule has 0 saturated carbocycles.